The number of hydrogen-bond donors (Lipinski definition) is 0. The van der Waals surface area contributed by atoms with Crippen LogP contribution < -0.4 is 0 Å². The van der Waals surface area contributed by atoms with E-state index in [2.05, 4.69) is 45.1 Å². The Kier molecular flexibility index (Phi) is 53.7. The molecule has 0 spiro atoms. The Balaban J connectivity index is 4.05. The minimum absolute atomic E-state index is 0.0724. The molecule has 0 aliphatic rings. The average molecular weight is 930 g/mol. The molecule has 0 aliphatic heterocycles. The predicted molar refractivity (Wildman–Crippen MR) is 284 cm³/mol. The lowest BCUT2D eigenvalue weighted by Crippen LogP contribution is -2.30. The van der Waals surface area contributed by atoms with Gasteiger partial charge in [-0.3, -0.25) is 14.4 Å². The Morgan fingerprint density at radius 2 is 0.576 bits per heavy atom. The second kappa shape index (κ2) is 55.5. The van der Waals surface area contributed by atoms with E-state index in [0.717, 1.165) is 89.9 Å². The molecular weight excluding hydrogens is 817 g/mol. The largest absolute Gasteiger partial charge is 0.462 e. The summed E-state index contributed by atoms with van der Waals surface area (Å²) in [5, 5.41) is 0. The van der Waals surface area contributed by atoms with Crippen LogP contribution in [0.2, 0.25) is 0 Å². The molecule has 0 saturated heterocycles. The number of carbonyl (C=O) groups is 3. The van der Waals surface area contributed by atoms with E-state index >= 15 is 0 Å². The van der Waals surface area contributed by atoms with Gasteiger partial charge in [-0.1, -0.05) is 283 Å². The van der Waals surface area contributed by atoms with E-state index in [4.69, 9.17) is 14.2 Å². The molecule has 6 heteroatoms. The molecule has 0 aromatic rings. The summed E-state index contributed by atoms with van der Waals surface area (Å²) in [6.45, 7) is 6.58. The van der Waals surface area contributed by atoms with Crippen molar-refractivity contribution in [3.05, 3.63) is 24.3 Å². The molecular formula is C60H112O6. The summed E-state index contributed by atoms with van der Waals surface area (Å²) < 4.78 is 16.8. The topological polar surface area (TPSA) is 78.9 Å². The fourth-order valence-corrected chi connectivity index (χ4v) is 8.78. The number of hydrogen-bond acceptors (Lipinski definition) is 6. The van der Waals surface area contributed by atoms with Gasteiger partial charge >= 0.3 is 17.9 Å². The maximum Gasteiger partial charge on any atom is 0.306 e. The molecule has 0 bridgehead atoms. The zero-order valence-electron chi connectivity index (χ0n) is 44.5. The van der Waals surface area contributed by atoms with Crippen molar-refractivity contribution in [2.24, 2.45) is 0 Å². The van der Waals surface area contributed by atoms with Crippen LogP contribution >= 0.6 is 0 Å². The fraction of sp³-hybridized carbons (Fsp3) is 0.883. The van der Waals surface area contributed by atoms with Gasteiger partial charge < -0.3 is 14.2 Å². The monoisotopic (exact) mass is 929 g/mol. The molecule has 0 rings (SSSR count). The first-order valence-electron chi connectivity index (χ1n) is 29.3. The van der Waals surface area contributed by atoms with Crippen LogP contribution in [-0.2, 0) is 28.6 Å². The summed E-state index contributed by atoms with van der Waals surface area (Å²) in [4.78, 5) is 37.9. The number of carbonyl (C=O) groups excluding carboxylic acids is 3. The van der Waals surface area contributed by atoms with Gasteiger partial charge in [-0.2, -0.15) is 0 Å². The van der Waals surface area contributed by atoms with Crippen LogP contribution in [0, 0.1) is 0 Å². The smallest absolute Gasteiger partial charge is 0.306 e. The van der Waals surface area contributed by atoms with Crippen molar-refractivity contribution >= 4 is 17.9 Å². The lowest BCUT2D eigenvalue weighted by molar-refractivity contribution is -0.167. The maximum absolute atomic E-state index is 12.8. The van der Waals surface area contributed by atoms with Crippen molar-refractivity contribution in [3.8, 4) is 0 Å². The molecule has 1 unspecified atom stereocenters. The van der Waals surface area contributed by atoms with Gasteiger partial charge in [0.05, 0.1) is 0 Å². The molecule has 0 saturated carbocycles. The summed E-state index contributed by atoms with van der Waals surface area (Å²) in [5.74, 6) is -0.875. The van der Waals surface area contributed by atoms with Gasteiger partial charge in [0.1, 0.15) is 13.2 Å². The maximum atomic E-state index is 12.8. The molecule has 0 aromatic carbocycles. The molecule has 0 N–H and O–H groups in total. The number of unbranched alkanes of at least 4 members (excludes halogenated alkanes) is 39. The van der Waals surface area contributed by atoms with Gasteiger partial charge in [0.25, 0.3) is 0 Å². The van der Waals surface area contributed by atoms with Crippen LogP contribution in [0.1, 0.15) is 323 Å². The van der Waals surface area contributed by atoms with Crippen molar-refractivity contribution < 1.29 is 28.6 Å². The van der Waals surface area contributed by atoms with E-state index in [-0.39, 0.29) is 31.1 Å². The first-order chi connectivity index (χ1) is 32.5. The van der Waals surface area contributed by atoms with E-state index in [9.17, 15) is 14.4 Å². The number of rotatable bonds is 54. The van der Waals surface area contributed by atoms with Crippen molar-refractivity contribution in [3.63, 3.8) is 0 Å². The van der Waals surface area contributed by atoms with Crippen molar-refractivity contribution in [2.45, 2.75) is 329 Å². The van der Waals surface area contributed by atoms with E-state index < -0.39 is 6.10 Å². The lowest BCUT2D eigenvalue weighted by Gasteiger charge is -2.18. The second-order valence-corrected chi connectivity index (χ2v) is 19.9. The summed E-state index contributed by atoms with van der Waals surface area (Å²) >= 11 is 0. The van der Waals surface area contributed by atoms with Gasteiger partial charge in [-0.25, -0.2) is 0 Å². The van der Waals surface area contributed by atoms with Gasteiger partial charge in [0, 0.05) is 19.3 Å². The highest BCUT2D eigenvalue weighted by molar-refractivity contribution is 5.71. The first kappa shape index (κ1) is 63.9. The summed E-state index contributed by atoms with van der Waals surface area (Å²) in [6, 6.07) is 0. The van der Waals surface area contributed by atoms with E-state index in [1.54, 1.807) is 0 Å². The zero-order chi connectivity index (χ0) is 47.9. The van der Waals surface area contributed by atoms with Crippen LogP contribution in [-0.4, -0.2) is 37.2 Å². The van der Waals surface area contributed by atoms with E-state index in [0.29, 0.717) is 19.3 Å². The van der Waals surface area contributed by atoms with Crippen molar-refractivity contribution in [1.82, 2.24) is 0 Å². The molecule has 0 fully saturated rings. The fourth-order valence-electron chi connectivity index (χ4n) is 8.78. The number of esters is 3. The molecule has 0 aliphatic carbocycles. The van der Waals surface area contributed by atoms with Crippen LogP contribution in [0.5, 0.6) is 0 Å². The van der Waals surface area contributed by atoms with Gasteiger partial charge in [0.15, 0.2) is 6.10 Å². The normalized spacial score (nSPS) is 12.1. The minimum atomic E-state index is -0.772. The summed E-state index contributed by atoms with van der Waals surface area (Å²) in [6.07, 6.45) is 64.9. The average Bonchev–Trinajstić information content (AvgIpc) is 3.31. The molecule has 0 radical (unpaired) electrons. The second-order valence-electron chi connectivity index (χ2n) is 19.9. The SMILES string of the molecule is CCC/C=C\C/C=C\CCCCCCCC(=O)OC(COC(=O)CCCCCCCCCC)COC(=O)CCCCCCCCCCCCCCCCCCCCCCCCCCCCC. The molecule has 0 aromatic heterocycles. The number of ether oxygens (including phenoxy) is 3. The van der Waals surface area contributed by atoms with E-state index in [1.807, 2.05) is 0 Å². The van der Waals surface area contributed by atoms with Crippen LogP contribution in [0.3, 0.4) is 0 Å². The molecule has 0 amide bonds. The number of allylic oxidation sites excluding steroid dienone is 4. The molecule has 1 atom stereocenters. The van der Waals surface area contributed by atoms with Crippen LogP contribution in [0.15, 0.2) is 24.3 Å². The van der Waals surface area contributed by atoms with Crippen LogP contribution in [0.4, 0.5) is 0 Å². The summed E-state index contributed by atoms with van der Waals surface area (Å²) in [5.41, 5.74) is 0. The van der Waals surface area contributed by atoms with Crippen LogP contribution in [0.25, 0.3) is 0 Å². The Labute approximate surface area is 411 Å². The lowest BCUT2D eigenvalue weighted by atomic mass is 10.0. The van der Waals surface area contributed by atoms with Gasteiger partial charge in [0.2, 0.25) is 0 Å². The molecule has 388 valence electrons. The first-order valence-corrected chi connectivity index (χ1v) is 29.3. The van der Waals surface area contributed by atoms with Crippen molar-refractivity contribution in [1.29, 1.82) is 0 Å². The predicted octanol–water partition coefficient (Wildman–Crippen LogP) is 19.5. The Bertz CT molecular complexity index is 1070. The molecule has 6 nitrogen and oxygen atoms in total. The molecule has 0 heterocycles. The Hall–Kier alpha value is -2.11. The third kappa shape index (κ3) is 52.9. The highest BCUT2D eigenvalue weighted by Crippen LogP contribution is 2.17. The van der Waals surface area contributed by atoms with Gasteiger partial charge in [-0.15, -0.1) is 0 Å². The third-order valence-corrected chi connectivity index (χ3v) is 13.2. The highest BCUT2D eigenvalue weighted by atomic mass is 16.6. The molecule has 66 heavy (non-hydrogen) atoms. The summed E-state index contributed by atoms with van der Waals surface area (Å²) in [7, 11) is 0. The zero-order valence-corrected chi connectivity index (χ0v) is 44.5. The third-order valence-electron chi connectivity index (χ3n) is 13.2. The standard InChI is InChI=1S/C60H112O6/c1-4-7-10-13-16-19-21-23-24-25-26-27-28-29-30-31-32-33-34-35-36-38-39-41-44-47-50-53-59(62)65-56-57(55-64-58(61)52-49-46-43-18-15-12-9-6-3)66-60(63)54-51-48-45-42-40-37-22-20-17-14-11-8-5-2/h11,14,20,22,57H,4-10,12-13,15-19,21,23-56H2,1-3H3/b14-11-,22-20-. The van der Waals surface area contributed by atoms with Gasteiger partial charge in [-0.05, 0) is 44.9 Å². The van der Waals surface area contributed by atoms with Crippen molar-refractivity contribution in [2.75, 3.05) is 13.2 Å². The Morgan fingerprint density at radius 1 is 0.303 bits per heavy atom. The minimum Gasteiger partial charge on any atom is -0.462 e. The van der Waals surface area contributed by atoms with E-state index in [1.165, 1.54) is 193 Å². The Morgan fingerprint density at radius 3 is 0.894 bits per heavy atom. The highest BCUT2D eigenvalue weighted by Gasteiger charge is 2.19. The quantitative estimate of drug-likeness (QED) is 0.0262.